The summed E-state index contributed by atoms with van der Waals surface area (Å²) < 4.78 is 10.4. The summed E-state index contributed by atoms with van der Waals surface area (Å²) >= 11 is 0. The Morgan fingerprint density at radius 2 is 1.76 bits per heavy atom. The third kappa shape index (κ3) is 4.58. The Morgan fingerprint density at radius 3 is 2.38 bits per heavy atom. The lowest BCUT2D eigenvalue weighted by Crippen LogP contribution is -2.40. The van der Waals surface area contributed by atoms with Gasteiger partial charge in [-0.15, -0.1) is 0 Å². The summed E-state index contributed by atoms with van der Waals surface area (Å²) in [7, 11) is 1.54. The third-order valence-corrected chi connectivity index (χ3v) is 5.54. The zero-order chi connectivity index (χ0) is 21.0. The van der Waals surface area contributed by atoms with E-state index in [-0.39, 0.29) is 30.2 Å². The Kier molecular flexibility index (Phi) is 6.51. The van der Waals surface area contributed by atoms with Crippen molar-refractivity contribution in [1.82, 2.24) is 10.2 Å². The molecular formula is C21H26N2O6. The lowest BCUT2D eigenvalue weighted by Gasteiger charge is -2.19. The minimum absolute atomic E-state index is 0.219. The van der Waals surface area contributed by atoms with Gasteiger partial charge < -0.3 is 14.8 Å². The second-order valence-corrected chi connectivity index (χ2v) is 7.42. The average molecular weight is 402 g/mol. The van der Waals surface area contributed by atoms with E-state index in [1.807, 2.05) is 18.2 Å². The fourth-order valence-corrected chi connectivity index (χ4v) is 3.98. The molecule has 0 aromatic heterocycles. The molecule has 1 aliphatic carbocycles. The summed E-state index contributed by atoms with van der Waals surface area (Å²) in [5.74, 6) is -1.83. The van der Waals surface area contributed by atoms with Gasteiger partial charge in [0.2, 0.25) is 11.8 Å². The maximum absolute atomic E-state index is 12.4. The number of carbonyl (C=O) groups excluding carboxylic acids is 4. The minimum Gasteiger partial charge on any atom is -0.496 e. The molecule has 156 valence electrons. The number of hydrogen-bond donors (Lipinski definition) is 1. The first kappa shape index (κ1) is 20.8. The number of para-hydroxylation sites is 1. The Labute approximate surface area is 169 Å². The fourth-order valence-electron chi connectivity index (χ4n) is 3.98. The van der Waals surface area contributed by atoms with Crippen molar-refractivity contribution in [3.63, 3.8) is 0 Å². The number of imide groups is 1. The number of esters is 1. The number of nitrogens with zero attached hydrogens (tertiary/aromatic N) is 1. The van der Waals surface area contributed by atoms with Crippen LogP contribution in [0.25, 0.3) is 0 Å². The van der Waals surface area contributed by atoms with Crippen molar-refractivity contribution in [3.8, 4) is 5.75 Å². The standard InChI is InChI=1S/C21H26N2O6/c1-13(19(25)22-11-14-7-3-6-10-17(14)28-2)29-18(24)12-23-20(26)15-8-4-5-9-16(15)21(23)27/h3,6-7,10,13,15-16H,4-5,8-9,11-12H2,1-2H3,(H,22,25). The molecule has 2 fully saturated rings. The molecule has 3 atom stereocenters. The zero-order valence-electron chi connectivity index (χ0n) is 16.7. The molecule has 8 heteroatoms. The van der Waals surface area contributed by atoms with Crippen molar-refractivity contribution >= 4 is 23.7 Å². The molecule has 1 aliphatic heterocycles. The van der Waals surface area contributed by atoms with E-state index < -0.39 is 24.5 Å². The monoisotopic (exact) mass is 402 g/mol. The van der Waals surface area contributed by atoms with Crippen molar-refractivity contribution in [3.05, 3.63) is 29.8 Å². The molecule has 2 aliphatic rings. The van der Waals surface area contributed by atoms with Gasteiger partial charge in [-0.3, -0.25) is 24.1 Å². The Balaban J connectivity index is 1.50. The maximum atomic E-state index is 12.4. The third-order valence-electron chi connectivity index (χ3n) is 5.54. The number of methoxy groups -OCH3 is 1. The normalized spacial score (nSPS) is 22.1. The van der Waals surface area contributed by atoms with Crippen molar-refractivity contribution in [2.24, 2.45) is 11.8 Å². The molecule has 3 rings (SSSR count). The molecule has 0 radical (unpaired) electrons. The van der Waals surface area contributed by atoms with E-state index in [1.165, 1.54) is 6.92 Å². The van der Waals surface area contributed by atoms with Crippen molar-refractivity contribution in [2.45, 2.75) is 45.3 Å². The second-order valence-electron chi connectivity index (χ2n) is 7.42. The SMILES string of the molecule is COc1ccccc1CNC(=O)C(C)OC(=O)CN1C(=O)C2CCCCC2C1=O. The van der Waals surface area contributed by atoms with E-state index in [4.69, 9.17) is 9.47 Å². The molecule has 1 saturated heterocycles. The number of likely N-dealkylation sites (tertiary alicyclic amines) is 1. The van der Waals surface area contributed by atoms with Gasteiger partial charge in [-0.05, 0) is 25.8 Å². The highest BCUT2D eigenvalue weighted by atomic mass is 16.5. The lowest BCUT2D eigenvalue weighted by atomic mass is 9.81. The molecule has 29 heavy (non-hydrogen) atoms. The van der Waals surface area contributed by atoms with Crippen LogP contribution in [0, 0.1) is 11.8 Å². The van der Waals surface area contributed by atoms with E-state index >= 15 is 0 Å². The first-order valence-electron chi connectivity index (χ1n) is 9.86. The lowest BCUT2D eigenvalue weighted by molar-refractivity contribution is -0.159. The van der Waals surface area contributed by atoms with E-state index in [0.29, 0.717) is 18.6 Å². The number of fused-ring (bicyclic) bond motifs is 1. The second kappa shape index (κ2) is 9.07. The van der Waals surface area contributed by atoms with Crippen LogP contribution in [0.5, 0.6) is 5.75 Å². The summed E-state index contributed by atoms with van der Waals surface area (Å²) in [6.07, 6.45) is 2.15. The van der Waals surface area contributed by atoms with Crippen molar-refractivity contribution < 1.29 is 28.7 Å². The van der Waals surface area contributed by atoms with Gasteiger partial charge in [0.15, 0.2) is 6.10 Å². The molecule has 1 N–H and O–H groups in total. The number of rotatable bonds is 7. The topological polar surface area (TPSA) is 102 Å². The molecule has 1 heterocycles. The van der Waals surface area contributed by atoms with Crippen molar-refractivity contribution in [1.29, 1.82) is 0 Å². The van der Waals surface area contributed by atoms with Gasteiger partial charge in [0, 0.05) is 12.1 Å². The molecule has 0 bridgehead atoms. The smallest absolute Gasteiger partial charge is 0.326 e. The Hall–Kier alpha value is -2.90. The Morgan fingerprint density at radius 1 is 1.14 bits per heavy atom. The molecule has 3 amide bonds. The summed E-state index contributed by atoms with van der Waals surface area (Å²) in [6.45, 7) is 1.22. The van der Waals surface area contributed by atoms with Crippen LogP contribution in [0.2, 0.25) is 0 Å². The van der Waals surface area contributed by atoms with Crippen LogP contribution in [-0.4, -0.2) is 48.3 Å². The number of carbonyl (C=O) groups is 4. The van der Waals surface area contributed by atoms with Crippen LogP contribution in [0.3, 0.4) is 0 Å². The van der Waals surface area contributed by atoms with Gasteiger partial charge in [0.1, 0.15) is 12.3 Å². The number of ether oxygens (including phenoxy) is 2. The van der Waals surface area contributed by atoms with Crippen molar-refractivity contribution in [2.75, 3.05) is 13.7 Å². The van der Waals surface area contributed by atoms with Gasteiger partial charge in [-0.25, -0.2) is 0 Å². The summed E-state index contributed by atoms with van der Waals surface area (Å²) in [4.78, 5) is 50.3. The molecule has 0 spiro atoms. The average Bonchev–Trinajstić information content (AvgIpc) is 2.97. The Bertz CT molecular complexity index is 784. The van der Waals surface area contributed by atoms with Gasteiger partial charge in [0.25, 0.3) is 5.91 Å². The number of benzene rings is 1. The van der Waals surface area contributed by atoms with Crippen LogP contribution in [0.1, 0.15) is 38.2 Å². The molecule has 1 aromatic rings. The first-order chi connectivity index (χ1) is 13.9. The first-order valence-corrected chi connectivity index (χ1v) is 9.86. The molecule has 8 nitrogen and oxygen atoms in total. The van der Waals surface area contributed by atoms with Crippen LogP contribution < -0.4 is 10.1 Å². The van der Waals surface area contributed by atoms with Gasteiger partial charge >= 0.3 is 5.97 Å². The number of nitrogens with one attached hydrogen (secondary N) is 1. The van der Waals surface area contributed by atoms with E-state index in [1.54, 1.807) is 13.2 Å². The predicted octanol–water partition coefficient (Wildman–Crippen LogP) is 1.42. The van der Waals surface area contributed by atoms with E-state index in [9.17, 15) is 19.2 Å². The van der Waals surface area contributed by atoms with E-state index in [2.05, 4.69) is 5.32 Å². The quantitative estimate of drug-likeness (QED) is 0.547. The van der Waals surface area contributed by atoms with Crippen LogP contribution >= 0.6 is 0 Å². The largest absolute Gasteiger partial charge is 0.496 e. The zero-order valence-corrected chi connectivity index (χ0v) is 16.7. The summed E-state index contributed by atoms with van der Waals surface area (Å²) in [5, 5.41) is 2.69. The predicted molar refractivity (Wildman–Crippen MR) is 103 cm³/mol. The number of hydrogen-bond acceptors (Lipinski definition) is 6. The molecule has 1 saturated carbocycles. The summed E-state index contributed by atoms with van der Waals surface area (Å²) in [5.41, 5.74) is 0.790. The van der Waals surface area contributed by atoms with Gasteiger partial charge in [0.05, 0.1) is 18.9 Å². The number of amides is 3. The molecule has 1 aromatic carbocycles. The summed E-state index contributed by atoms with van der Waals surface area (Å²) in [6, 6.07) is 7.26. The minimum atomic E-state index is -1.05. The molecular weight excluding hydrogens is 376 g/mol. The van der Waals surface area contributed by atoms with Gasteiger partial charge in [-0.2, -0.15) is 0 Å². The highest BCUT2D eigenvalue weighted by Gasteiger charge is 2.48. The van der Waals surface area contributed by atoms with E-state index in [0.717, 1.165) is 23.3 Å². The molecule has 3 unspecified atom stereocenters. The van der Waals surface area contributed by atoms with Gasteiger partial charge in [-0.1, -0.05) is 31.0 Å². The van der Waals surface area contributed by atoms with Crippen LogP contribution in [0.15, 0.2) is 24.3 Å². The maximum Gasteiger partial charge on any atom is 0.326 e. The highest BCUT2D eigenvalue weighted by Crippen LogP contribution is 2.37. The fraction of sp³-hybridized carbons (Fsp3) is 0.524. The highest BCUT2D eigenvalue weighted by molar-refractivity contribution is 6.07. The van der Waals surface area contributed by atoms with Crippen LogP contribution in [0.4, 0.5) is 0 Å². The van der Waals surface area contributed by atoms with Crippen LogP contribution in [-0.2, 0) is 30.5 Å².